The summed E-state index contributed by atoms with van der Waals surface area (Å²) in [5.41, 5.74) is 0.282. The highest BCUT2D eigenvalue weighted by Gasteiger charge is 2.17. The van der Waals surface area contributed by atoms with Crippen molar-refractivity contribution < 1.29 is 14.5 Å². The van der Waals surface area contributed by atoms with Gasteiger partial charge in [-0.25, -0.2) is 0 Å². The van der Waals surface area contributed by atoms with E-state index < -0.39 is 4.92 Å². The topological polar surface area (TPSA) is 81.5 Å². The molecule has 6 heteroatoms. The highest BCUT2D eigenvalue weighted by molar-refractivity contribution is 5.92. The van der Waals surface area contributed by atoms with Crippen LogP contribution in [-0.2, 0) is 4.79 Å². The summed E-state index contributed by atoms with van der Waals surface area (Å²) in [6, 6.07) is 4.17. The van der Waals surface area contributed by atoms with E-state index >= 15 is 0 Å². The fraction of sp³-hybridized carbons (Fsp3) is 0.533. The van der Waals surface area contributed by atoms with Crippen LogP contribution in [0.3, 0.4) is 0 Å². The van der Waals surface area contributed by atoms with Crippen LogP contribution < -0.4 is 10.1 Å². The second-order valence-electron chi connectivity index (χ2n) is 5.38. The molecule has 0 saturated heterocycles. The number of rotatable bonds is 6. The summed E-state index contributed by atoms with van der Waals surface area (Å²) in [4.78, 5) is 22.3. The van der Waals surface area contributed by atoms with E-state index in [-0.39, 0.29) is 11.6 Å². The molecule has 1 aromatic rings. The molecule has 1 N–H and O–H groups in total. The number of amides is 1. The van der Waals surface area contributed by atoms with Gasteiger partial charge >= 0.3 is 0 Å². The molecule has 1 saturated carbocycles. The third kappa shape index (κ3) is 4.18. The van der Waals surface area contributed by atoms with Crippen LogP contribution >= 0.6 is 0 Å². The summed E-state index contributed by atoms with van der Waals surface area (Å²) < 4.78 is 5.12. The standard InChI is InChI=1S/C15H20N2O4/c1-21-14-8-7-12(17(19)20)10-13(14)16-15(18)9-6-11-4-2-3-5-11/h7-8,10-11H,2-6,9H2,1H3,(H,16,18). The van der Waals surface area contributed by atoms with Crippen molar-refractivity contribution in [1.82, 2.24) is 0 Å². The summed E-state index contributed by atoms with van der Waals surface area (Å²) in [5.74, 6) is 0.943. The van der Waals surface area contributed by atoms with E-state index in [2.05, 4.69) is 5.32 Å². The Kier molecular flexibility index (Phi) is 5.14. The molecule has 21 heavy (non-hydrogen) atoms. The molecule has 1 aromatic carbocycles. The van der Waals surface area contributed by atoms with E-state index in [0.717, 1.165) is 6.42 Å². The summed E-state index contributed by atoms with van der Waals surface area (Å²) in [5, 5.41) is 13.5. The zero-order valence-electron chi connectivity index (χ0n) is 12.1. The van der Waals surface area contributed by atoms with Gasteiger partial charge in [0.15, 0.2) is 0 Å². The number of benzene rings is 1. The third-order valence-corrected chi connectivity index (χ3v) is 3.92. The molecule has 114 valence electrons. The quantitative estimate of drug-likeness (QED) is 0.642. The number of carbonyl (C=O) groups excluding carboxylic acids is 1. The molecule has 0 unspecified atom stereocenters. The first-order valence-electron chi connectivity index (χ1n) is 7.22. The van der Waals surface area contributed by atoms with Gasteiger partial charge in [0, 0.05) is 18.6 Å². The molecule has 0 bridgehead atoms. The predicted octanol–water partition coefficient (Wildman–Crippen LogP) is 3.51. The molecule has 0 radical (unpaired) electrons. The normalized spacial score (nSPS) is 14.9. The summed E-state index contributed by atoms with van der Waals surface area (Å²) in [6.07, 6.45) is 6.23. The Bertz CT molecular complexity index is 524. The van der Waals surface area contributed by atoms with Crippen molar-refractivity contribution in [2.75, 3.05) is 12.4 Å². The number of carbonyl (C=O) groups is 1. The van der Waals surface area contributed by atoms with Crippen LogP contribution in [0.5, 0.6) is 5.75 Å². The molecule has 1 aliphatic carbocycles. The number of hydrogen-bond donors (Lipinski definition) is 1. The molecule has 1 amide bonds. The Morgan fingerprint density at radius 2 is 2.14 bits per heavy atom. The van der Waals surface area contributed by atoms with Crippen molar-refractivity contribution in [2.45, 2.75) is 38.5 Å². The van der Waals surface area contributed by atoms with Gasteiger partial charge in [0.05, 0.1) is 17.7 Å². The maximum absolute atomic E-state index is 12.0. The summed E-state index contributed by atoms with van der Waals surface area (Å²) in [7, 11) is 1.47. The molecular weight excluding hydrogens is 272 g/mol. The smallest absolute Gasteiger partial charge is 0.271 e. The van der Waals surface area contributed by atoms with E-state index in [9.17, 15) is 14.9 Å². The second-order valence-corrected chi connectivity index (χ2v) is 5.38. The number of nitro benzene ring substituents is 1. The molecular formula is C15H20N2O4. The number of nitrogens with zero attached hydrogens (tertiary/aromatic N) is 1. The molecule has 0 atom stereocenters. The van der Waals surface area contributed by atoms with Gasteiger partial charge in [0.1, 0.15) is 5.75 Å². The van der Waals surface area contributed by atoms with Crippen molar-refractivity contribution in [3.63, 3.8) is 0 Å². The van der Waals surface area contributed by atoms with E-state index in [1.54, 1.807) is 0 Å². The Morgan fingerprint density at radius 1 is 1.43 bits per heavy atom. The Balaban J connectivity index is 1.97. The fourth-order valence-corrected chi connectivity index (χ4v) is 2.75. The summed E-state index contributed by atoms with van der Waals surface area (Å²) >= 11 is 0. The monoisotopic (exact) mass is 292 g/mol. The highest BCUT2D eigenvalue weighted by Crippen LogP contribution is 2.31. The van der Waals surface area contributed by atoms with Crippen molar-refractivity contribution in [3.8, 4) is 5.75 Å². The Labute approximate surface area is 123 Å². The average Bonchev–Trinajstić information content (AvgIpc) is 2.98. The van der Waals surface area contributed by atoms with Crippen LogP contribution in [0.1, 0.15) is 38.5 Å². The lowest BCUT2D eigenvalue weighted by Crippen LogP contribution is -2.13. The minimum absolute atomic E-state index is 0.0677. The molecule has 0 aliphatic heterocycles. The number of anilines is 1. The largest absolute Gasteiger partial charge is 0.495 e. The maximum atomic E-state index is 12.0. The van der Waals surface area contributed by atoms with E-state index in [0.29, 0.717) is 23.8 Å². The van der Waals surface area contributed by atoms with Crippen LogP contribution in [0.15, 0.2) is 18.2 Å². The highest BCUT2D eigenvalue weighted by atomic mass is 16.6. The zero-order valence-corrected chi connectivity index (χ0v) is 12.1. The Hall–Kier alpha value is -2.11. The van der Waals surface area contributed by atoms with Crippen LogP contribution in [0.2, 0.25) is 0 Å². The van der Waals surface area contributed by atoms with E-state index in [4.69, 9.17) is 4.74 Å². The predicted molar refractivity (Wildman–Crippen MR) is 79.5 cm³/mol. The van der Waals surface area contributed by atoms with Gasteiger partial charge in [0.2, 0.25) is 5.91 Å². The minimum atomic E-state index is -0.492. The number of methoxy groups -OCH3 is 1. The number of nitro groups is 1. The van der Waals surface area contributed by atoms with Crippen molar-refractivity contribution in [3.05, 3.63) is 28.3 Å². The van der Waals surface area contributed by atoms with Gasteiger partial charge in [-0.15, -0.1) is 0 Å². The van der Waals surface area contributed by atoms with Gasteiger partial charge in [0.25, 0.3) is 5.69 Å². The van der Waals surface area contributed by atoms with Crippen LogP contribution in [0.4, 0.5) is 11.4 Å². The van der Waals surface area contributed by atoms with Crippen LogP contribution in [-0.4, -0.2) is 17.9 Å². The SMILES string of the molecule is COc1ccc([N+](=O)[O-])cc1NC(=O)CCC1CCCC1. The first kappa shape index (κ1) is 15.3. The van der Waals surface area contributed by atoms with Gasteiger partial charge in [-0.1, -0.05) is 25.7 Å². The van der Waals surface area contributed by atoms with Gasteiger partial charge in [-0.2, -0.15) is 0 Å². The lowest BCUT2D eigenvalue weighted by Gasteiger charge is -2.11. The molecule has 1 aliphatic rings. The molecule has 2 rings (SSSR count). The second kappa shape index (κ2) is 7.06. The third-order valence-electron chi connectivity index (χ3n) is 3.92. The lowest BCUT2D eigenvalue weighted by molar-refractivity contribution is -0.384. The van der Waals surface area contributed by atoms with E-state index in [1.807, 2.05) is 0 Å². The molecule has 0 spiro atoms. The molecule has 6 nitrogen and oxygen atoms in total. The first-order valence-corrected chi connectivity index (χ1v) is 7.22. The van der Waals surface area contributed by atoms with Gasteiger partial charge in [-0.05, 0) is 18.4 Å². The number of nitrogens with one attached hydrogen (secondary N) is 1. The van der Waals surface area contributed by atoms with Crippen molar-refractivity contribution in [1.29, 1.82) is 0 Å². The minimum Gasteiger partial charge on any atom is -0.495 e. The van der Waals surface area contributed by atoms with E-state index in [1.165, 1.54) is 51.0 Å². The lowest BCUT2D eigenvalue weighted by atomic mass is 10.0. The van der Waals surface area contributed by atoms with Crippen LogP contribution in [0, 0.1) is 16.0 Å². The Morgan fingerprint density at radius 3 is 2.76 bits per heavy atom. The average molecular weight is 292 g/mol. The van der Waals surface area contributed by atoms with Gasteiger partial charge in [-0.3, -0.25) is 14.9 Å². The molecule has 0 aromatic heterocycles. The molecule has 0 heterocycles. The van der Waals surface area contributed by atoms with Crippen molar-refractivity contribution >= 4 is 17.3 Å². The first-order chi connectivity index (χ1) is 10.1. The zero-order chi connectivity index (χ0) is 15.2. The van der Waals surface area contributed by atoms with Gasteiger partial charge < -0.3 is 10.1 Å². The number of ether oxygens (including phenoxy) is 1. The fourth-order valence-electron chi connectivity index (χ4n) is 2.75. The maximum Gasteiger partial charge on any atom is 0.271 e. The summed E-state index contributed by atoms with van der Waals surface area (Å²) in [6.45, 7) is 0. The number of hydrogen-bond acceptors (Lipinski definition) is 4. The molecule has 1 fully saturated rings. The van der Waals surface area contributed by atoms with Crippen molar-refractivity contribution in [2.24, 2.45) is 5.92 Å². The van der Waals surface area contributed by atoms with Crippen LogP contribution in [0.25, 0.3) is 0 Å². The number of non-ortho nitro benzene ring substituents is 1.